The lowest BCUT2D eigenvalue weighted by molar-refractivity contribution is 0.402. The second-order valence-corrected chi connectivity index (χ2v) is 8.14. The van der Waals surface area contributed by atoms with E-state index in [4.69, 9.17) is 0 Å². The molecule has 0 bridgehead atoms. The molecule has 1 aliphatic heterocycles. The molecule has 2 nitrogen and oxygen atoms in total. The van der Waals surface area contributed by atoms with E-state index in [1.54, 1.807) is 0 Å². The maximum Gasteiger partial charge on any atom is 0.150 e. The van der Waals surface area contributed by atoms with Crippen molar-refractivity contribution in [2.24, 2.45) is 11.8 Å². The van der Waals surface area contributed by atoms with Gasteiger partial charge in [0.2, 0.25) is 0 Å². The number of rotatable bonds is 4. The van der Waals surface area contributed by atoms with Crippen LogP contribution >= 0.6 is 15.9 Å². The van der Waals surface area contributed by atoms with E-state index in [0.717, 1.165) is 18.2 Å². The van der Waals surface area contributed by atoms with Crippen LogP contribution in [-0.4, -0.2) is 25.3 Å². The molecule has 0 spiro atoms. The number of hydrogen-bond acceptors (Lipinski definition) is 2. The molecule has 0 saturated carbocycles. The summed E-state index contributed by atoms with van der Waals surface area (Å²) in [6, 6.07) is 8.53. The predicted octanol–water partition coefficient (Wildman–Crippen LogP) is 2.98. The number of sulfone groups is 1. The lowest BCUT2D eigenvalue weighted by atomic mass is 9.88. The second kappa shape index (κ2) is 5.74. The minimum absolute atomic E-state index is 0.315. The van der Waals surface area contributed by atoms with Crippen LogP contribution < -0.4 is 0 Å². The average molecular weight is 331 g/mol. The molecule has 2 atom stereocenters. The zero-order valence-corrected chi connectivity index (χ0v) is 13.0. The van der Waals surface area contributed by atoms with Crippen LogP contribution in [0.1, 0.15) is 17.5 Å². The highest BCUT2D eigenvalue weighted by atomic mass is 79.9. The standard InChI is InChI=1S/C14H19BrO2S/c1-11-2-4-12(5-3-11)8-14(9-15)13-6-7-18(16,17)10-13/h2-5,13-14H,6-10H2,1H3. The summed E-state index contributed by atoms with van der Waals surface area (Å²) in [6.45, 7) is 2.08. The Kier molecular flexibility index (Phi) is 4.49. The Bertz CT molecular complexity index is 493. The van der Waals surface area contributed by atoms with Gasteiger partial charge in [-0.3, -0.25) is 0 Å². The first-order chi connectivity index (χ1) is 8.50. The van der Waals surface area contributed by atoms with E-state index in [9.17, 15) is 8.42 Å². The first-order valence-corrected chi connectivity index (χ1v) is 9.26. The summed E-state index contributed by atoms with van der Waals surface area (Å²) in [5, 5.41) is 0.876. The molecule has 2 unspecified atom stereocenters. The van der Waals surface area contributed by atoms with Crippen molar-refractivity contribution in [2.45, 2.75) is 19.8 Å². The molecular formula is C14H19BrO2S. The number of benzene rings is 1. The summed E-state index contributed by atoms with van der Waals surface area (Å²) in [5.74, 6) is 1.48. The van der Waals surface area contributed by atoms with E-state index in [2.05, 4.69) is 47.1 Å². The van der Waals surface area contributed by atoms with Crippen molar-refractivity contribution in [3.05, 3.63) is 35.4 Å². The van der Waals surface area contributed by atoms with Crippen LogP contribution in [0.4, 0.5) is 0 Å². The SMILES string of the molecule is Cc1ccc(CC(CBr)C2CCS(=O)(=O)C2)cc1. The van der Waals surface area contributed by atoms with Crippen LogP contribution in [0.25, 0.3) is 0 Å². The van der Waals surface area contributed by atoms with Gasteiger partial charge in [0.15, 0.2) is 9.84 Å². The number of hydrogen-bond donors (Lipinski definition) is 0. The van der Waals surface area contributed by atoms with Crippen molar-refractivity contribution in [1.29, 1.82) is 0 Å². The summed E-state index contributed by atoms with van der Waals surface area (Å²) >= 11 is 3.54. The Morgan fingerprint density at radius 1 is 1.33 bits per heavy atom. The van der Waals surface area contributed by atoms with Crippen molar-refractivity contribution in [3.63, 3.8) is 0 Å². The molecule has 0 aromatic heterocycles. The summed E-state index contributed by atoms with van der Waals surface area (Å²) in [5.41, 5.74) is 2.56. The van der Waals surface area contributed by atoms with E-state index in [1.807, 2.05) is 0 Å². The third kappa shape index (κ3) is 3.58. The summed E-state index contributed by atoms with van der Waals surface area (Å²) in [4.78, 5) is 0. The first-order valence-electron chi connectivity index (χ1n) is 6.32. The van der Waals surface area contributed by atoms with Gasteiger partial charge < -0.3 is 0 Å². The monoisotopic (exact) mass is 330 g/mol. The molecule has 0 N–H and O–H groups in total. The molecule has 18 heavy (non-hydrogen) atoms. The van der Waals surface area contributed by atoms with Gasteiger partial charge in [-0.25, -0.2) is 8.42 Å². The van der Waals surface area contributed by atoms with Gasteiger partial charge in [0.05, 0.1) is 11.5 Å². The zero-order chi connectivity index (χ0) is 13.2. The van der Waals surface area contributed by atoms with E-state index in [-0.39, 0.29) is 0 Å². The van der Waals surface area contributed by atoms with E-state index >= 15 is 0 Å². The fourth-order valence-corrected chi connectivity index (χ4v) is 5.25. The molecule has 1 saturated heterocycles. The van der Waals surface area contributed by atoms with Gasteiger partial charge in [-0.05, 0) is 37.2 Å². The maximum absolute atomic E-state index is 11.5. The molecule has 0 aliphatic carbocycles. The largest absolute Gasteiger partial charge is 0.229 e. The van der Waals surface area contributed by atoms with Crippen molar-refractivity contribution in [1.82, 2.24) is 0 Å². The Morgan fingerprint density at radius 2 is 2.00 bits per heavy atom. The van der Waals surface area contributed by atoms with Crippen molar-refractivity contribution in [2.75, 3.05) is 16.8 Å². The molecule has 1 fully saturated rings. The van der Waals surface area contributed by atoms with Crippen LogP contribution in [0.5, 0.6) is 0 Å². The molecule has 1 aliphatic rings. The van der Waals surface area contributed by atoms with Gasteiger partial charge in [0, 0.05) is 5.33 Å². The summed E-state index contributed by atoms with van der Waals surface area (Å²) < 4.78 is 23.1. The molecule has 1 aromatic carbocycles. The van der Waals surface area contributed by atoms with Crippen molar-refractivity contribution in [3.8, 4) is 0 Å². The van der Waals surface area contributed by atoms with E-state index in [0.29, 0.717) is 23.3 Å². The smallest absolute Gasteiger partial charge is 0.150 e. The van der Waals surface area contributed by atoms with Gasteiger partial charge in [0.25, 0.3) is 0 Å². The Labute approximate surface area is 118 Å². The molecule has 0 amide bonds. The normalized spacial score (nSPS) is 24.0. The number of alkyl halides is 1. The van der Waals surface area contributed by atoms with Crippen LogP contribution in [0.15, 0.2) is 24.3 Å². The first kappa shape index (κ1) is 14.1. The fourth-order valence-electron chi connectivity index (χ4n) is 2.57. The number of halogens is 1. The molecular weight excluding hydrogens is 312 g/mol. The third-order valence-electron chi connectivity index (χ3n) is 3.75. The summed E-state index contributed by atoms with van der Waals surface area (Å²) in [6.07, 6.45) is 1.79. The lowest BCUT2D eigenvalue weighted by Crippen LogP contribution is -2.20. The quantitative estimate of drug-likeness (QED) is 0.795. The second-order valence-electron chi connectivity index (χ2n) is 5.27. The van der Waals surface area contributed by atoms with Crippen molar-refractivity contribution >= 4 is 25.8 Å². The average Bonchev–Trinajstić information content (AvgIpc) is 2.69. The Balaban J connectivity index is 2.04. The third-order valence-corrected chi connectivity index (χ3v) is 6.38. The molecule has 1 aromatic rings. The van der Waals surface area contributed by atoms with Gasteiger partial charge in [-0.15, -0.1) is 0 Å². The van der Waals surface area contributed by atoms with Crippen molar-refractivity contribution < 1.29 is 8.42 Å². The van der Waals surface area contributed by atoms with E-state index < -0.39 is 9.84 Å². The maximum atomic E-state index is 11.5. The number of aryl methyl sites for hydroxylation is 1. The fraction of sp³-hybridized carbons (Fsp3) is 0.571. The van der Waals surface area contributed by atoms with Gasteiger partial charge in [-0.1, -0.05) is 45.8 Å². The van der Waals surface area contributed by atoms with Crippen LogP contribution in [-0.2, 0) is 16.3 Å². The zero-order valence-electron chi connectivity index (χ0n) is 10.6. The summed E-state index contributed by atoms with van der Waals surface area (Å²) in [7, 11) is -2.77. The molecule has 0 radical (unpaired) electrons. The van der Waals surface area contributed by atoms with Gasteiger partial charge in [-0.2, -0.15) is 0 Å². The minimum Gasteiger partial charge on any atom is -0.229 e. The molecule has 1 heterocycles. The molecule has 4 heteroatoms. The van der Waals surface area contributed by atoms with Crippen LogP contribution in [0, 0.1) is 18.8 Å². The topological polar surface area (TPSA) is 34.1 Å². The van der Waals surface area contributed by atoms with E-state index in [1.165, 1.54) is 11.1 Å². The van der Waals surface area contributed by atoms with Gasteiger partial charge in [0.1, 0.15) is 0 Å². The highest BCUT2D eigenvalue weighted by molar-refractivity contribution is 9.09. The predicted molar refractivity (Wildman–Crippen MR) is 78.9 cm³/mol. The minimum atomic E-state index is -2.77. The highest BCUT2D eigenvalue weighted by Crippen LogP contribution is 2.29. The van der Waals surface area contributed by atoms with Crippen LogP contribution in [0.3, 0.4) is 0 Å². The molecule has 2 rings (SSSR count). The van der Waals surface area contributed by atoms with Crippen LogP contribution in [0.2, 0.25) is 0 Å². The molecule has 100 valence electrons. The lowest BCUT2D eigenvalue weighted by Gasteiger charge is -2.20. The Morgan fingerprint density at radius 3 is 2.50 bits per heavy atom. The Hall–Kier alpha value is -0.350. The van der Waals surface area contributed by atoms with Gasteiger partial charge >= 0.3 is 0 Å². The highest BCUT2D eigenvalue weighted by Gasteiger charge is 2.33.